The largest absolute Gasteiger partial charge is 0.379 e. The van der Waals surface area contributed by atoms with Crippen molar-refractivity contribution in [2.75, 3.05) is 85.6 Å². The quantitative estimate of drug-likeness (QED) is 0.274. The van der Waals surface area contributed by atoms with Crippen LogP contribution in [0.4, 0.5) is 0 Å². The van der Waals surface area contributed by atoms with Crippen LogP contribution in [0.15, 0.2) is 0 Å². The fraction of sp³-hybridized carbons (Fsp3) is 1.00. The van der Waals surface area contributed by atoms with E-state index < -0.39 is 0 Å². The molecule has 0 amide bonds. The van der Waals surface area contributed by atoms with Crippen molar-refractivity contribution in [3.8, 4) is 0 Å². The third kappa shape index (κ3) is 20.0. The van der Waals surface area contributed by atoms with Gasteiger partial charge in [-0.25, -0.2) is 0 Å². The average molecular weight is 378 g/mol. The summed E-state index contributed by atoms with van der Waals surface area (Å²) >= 11 is 0. The van der Waals surface area contributed by atoms with Gasteiger partial charge in [0.1, 0.15) is 0 Å². The van der Waals surface area contributed by atoms with Crippen LogP contribution < -0.4 is 11.5 Å². The minimum Gasteiger partial charge on any atom is -0.379 e. The molecule has 158 valence electrons. The van der Waals surface area contributed by atoms with Crippen LogP contribution in [-0.2, 0) is 18.9 Å². The topological polar surface area (TPSA) is 92.2 Å². The molecule has 0 aliphatic carbocycles. The summed E-state index contributed by atoms with van der Waals surface area (Å²) < 4.78 is 21.9. The molecule has 4 N–H and O–H groups in total. The van der Waals surface area contributed by atoms with Crippen LogP contribution in [0.3, 0.4) is 0 Å². The highest BCUT2D eigenvalue weighted by Crippen LogP contribution is 1.99. The molecule has 0 saturated carbocycles. The van der Waals surface area contributed by atoms with E-state index in [1.165, 1.54) is 0 Å². The fourth-order valence-electron chi connectivity index (χ4n) is 2.39. The third-order valence-electron chi connectivity index (χ3n) is 3.87. The van der Waals surface area contributed by atoms with Gasteiger partial charge in [-0.1, -0.05) is 6.92 Å². The van der Waals surface area contributed by atoms with Gasteiger partial charge in [0.2, 0.25) is 0 Å². The van der Waals surface area contributed by atoms with Gasteiger partial charge in [0.25, 0.3) is 0 Å². The second kappa shape index (κ2) is 22.8. The molecule has 0 aliphatic heterocycles. The van der Waals surface area contributed by atoms with Crippen LogP contribution in [0.25, 0.3) is 0 Å². The van der Waals surface area contributed by atoms with Gasteiger partial charge in [-0.15, -0.1) is 0 Å². The molecule has 0 aromatic rings. The predicted molar refractivity (Wildman–Crippen MR) is 107 cm³/mol. The number of nitrogens with two attached hydrogens (primary N) is 2. The summed E-state index contributed by atoms with van der Waals surface area (Å²) in [6.07, 6.45) is 5.49. The Morgan fingerprint density at radius 2 is 0.962 bits per heavy atom. The molecule has 7 heteroatoms. The van der Waals surface area contributed by atoms with Gasteiger partial charge in [-0.3, -0.25) is 0 Å². The highest BCUT2D eigenvalue weighted by atomic mass is 16.6. The van der Waals surface area contributed by atoms with Crippen LogP contribution >= 0.6 is 0 Å². The monoisotopic (exact) mass is 377 g/mol. The molecule has 7 nitrogen and oxygen atoms in total. The first-order valence-electron chi connectivity index (χ1n) is 10.3. The van der Waals surface area contributed by atoms with Crippen molar-refractivity contribution in [1.29, 1.82) is 0 Å². The highest BCUT2D eigenvalue weighted by molar-refractivity contribution is 4.59. The lowest BCUT2D eigenvalue weighted by atomic mass is 10.2. The lowest BCUT2D eigenvalue weighted by molar-refractivity contribution is -0.00385. The molecule has 0 saturated heterocycles. The molecular formula is C19H43N3O4. The minimum absolute atomic E-state index is 0.599. The number of nitrogens with zero attached hydrogens (tertiary/aromatic N) is 1. The van der Waals surface area contributed by atoms with E-state index in [1.807, 2.05) is 0 Å². The number of hydrogen-bond acceptors (Lipinski definition) is 7. The Morgan fingerprint density at radius 3 is 1.38 bits per heavy atom. The summed E-state index contributed by atoms with van der Waals surface area (Å²) in [6.45, 7) is 12.0. The normalized spacial score (nSPS) is 11.5. The van der Waals surface area contributed by atoms with E-state index >= 15 is 0 Å². The first-order chi connectivity index (χ1) is 12.8. The summed E-state index contributed by atoms with van der Waals surface area (Å²) in [7, 11) is 0. The molecule has 0 aliphatic rings. The Morgan fingerprint density at radius 1 is 0.538 bits per heavy atom. The van der Waals surface area contributed by atoms with Crippen molar-refractivity contribution in [3.05, 3.63) is 0 Å². The van der Waals surface area contributed by atoms with Gasteiger partial charge in [0, 0.05) is 13.2 Å². The van der Waals surface area contributed by atoms with Crippen molar-refractivity contribution in [2.45, 2.75) is 39.0 Å². The number of ether oxygens (including phenoxy) is 4. The Kier molecular flexibility index (Phi) is 22.5. The minimum atomic E-state index is 0.599. The van der Waals surface area contributed by atoms with E-state index in [-0.39, 0.29) is 0 Å². The predicted octanol–water partition coefficient (Wildman–Crippen LogP) is 1.24. The summed E-state index contributed by atoms with van der Waals surface area (Å²) in [5, 5.41) is 0. The number of rotatable bonds is 22. The lowest BCUT2D eigenvalue weighted by Crippen LogP contribution is -2.30. The van der Waals surface area contributed by atoms with Gasteiger partial charge in [-0.2, -0.15) is 0 Å². The molecule has 0 fully saturated rings. The average Bonchev–Trinajstić information content (AvgIpc) is 2.65. The zero-order valence-electron chi connectivity index (χ0n) is 17.0. The summed E-state index contributed by atoms with van der Waals surface area (Å²) in [6, 6.07) is 0. The zero-order valence-corrected chi connectivity index (χ0v) is 17.0. The number of hydrogen-bond donors (Lipinski definition) is 2. The van der Waals surface area contributed by atoms with Gasteiger partial charge in [-0.05, 0) is 58.3 Å². The van der Waals surface area contributed by atoms with Crippen molar-refractivity contribution < 1.29 is 18.9 Å². The van der Waals surface area contributed by atoms with Crippen LogP contribution in [0.5, 0.6) is 0 Å². The van der Waals surface area contributed by atoms with Crippen molar-refractivity contribution in [2.24, 2.45) is 11.5 Å². The van der Waals surface area contributed by atoms with E-state index in [9.17, 15) is 0 Å². The molecule has 0 radical (unpaired) electrons. The maximum atomic E-state index is 5.67. The first kappa shape index (κ1) is 25.7. The maximum absolute atomic E-state index is 5.67. The number of unbranched alkanes of at least 4 members (excludes halogenated alkanes) is 2. The Balaban J connectivity index is 3.41. The van der Waals surface area contributed by atoms with E-state index in [4.69, 9.17) is 30.4 Å². The molecular weight excluding hydrogens is 334 g/mol. The Labute approximate surface area is 160 Å². The van der Waals surface area contributed by atoms with Crippen molar-refractivity contribution >= 4 is 0 Å². The van der Waals surface area contributed by atoms with E-state index in [0.29, 0.717) is 39.6 Å². The van der Waals surface area contributed by atoms with Crippen LogP contribution in [0.2, 0.25) is 0 Å². The van der Waals surface area contributed by atoms with Gasteiger partial charge >= 0.3 is 0 Å². The Hall–Kier alpha value is -0.280. The highest BCUT2D eigenvalue weighted by Gasteiger charge is 2.04. The third-order valence-corrected chi connectivity index (χ3v) is 3.87. The molecule has 0 rings (SSSR count). The van der Waals surface area contributed by atoms with Crippen LogP contribution in [-0.4, -0.2) is 90.5 Å². The lowest BCUT2D eigenvalue weighted by Gasteiger charge is -2.22. The van der Waals surface area contributed by atoms with Crippen molar-refractivity contribution in [1.82, 2.24) is 4.90 Å². The van der Waals surface area contributed by atoms with Gasteiger partial charge < -0.3 is 35.3 Å². The second-order valence-electron chi connectivity index (χ2n) is 6.28. The van der Waals surface area contributed by atoms with E-state index in [2.05, 4.69) is 11.8 Å². The summed E-state index contributed by atoms with van der Waals surface area (Å²) in [4.78, 5) is 2.45. The first-order valence-corrected chi connectivity index (χ1v) is 10.3. The van der Waals surface area contributed by atoms with Crippen molar-refractivity contribution in [3.63, 3.8) is 0 Å². The van der Waals surface area contributed by atoms with Gasteiger partial charge in [0.15, 0.2) is 0 Å². The second-order valence-corrected chi connectivity index (χ2v) is 6.28. The zero-order chi connectivity index (χ0) is 19.1. The Bertz CT molecular complexity index is 251. The molecule has 0 aromatic carbocycles. The molecule has 0 atom stereocenters. The maximum Gasteiger partial charge on any atom is 0.0701 e. The van der Waals surface area contributed by atoms with Crippen LogP contribution in [0, 0.1) is 0 Å². The molecule has 0 heterocycles. The summed E-state index contributed by atoms with van der Waals surface area (Å²) in [5.74, 6) is 0. The fourth-order valence-corrected chi connectivity index (χ4v) is 2.39. The van der Waals surface area contributed by atoms with Gasteiger partial charge in [0.05, 0.1) is 46.2 Å². The molecule has 0 aromatic heterocycles. The molecule has 0 unspecified atom stereocenters. The summed E-state index contributed by atoms with van der Waals surface area (Å²) in [5.41, 5.74) is 11.1. The van der Waals surface area contributed by atoms with E-state index in [0.717, 1.165) is 78.0 Å². The molecule has 0 spiro atoms. The smallest absolute Gasteiger partial charge is 0.0701 e. The molecule has 0 bridgehead atoms. The standard InChI is InChI=1S/C19H43N3O4/c1-2-12-23-14-16-25-18-19-26-17-15-24-13-11-22(9-5-3-7-20)10-6-4-8-21/h2-21H2,1H3. The SMILES string of the molecule is CCCOCCOCCOCCOCCN(CCCCN)CCCCN. The van der Waals surface area contributed by atoms with Crippen LogP contribution in [0.1, 0.15) is 39.0 Å². The molecule has 26 heavy (non-hydrogen) atoms. The van der Waals surface area contributed by atoms with E-state index in [1.54, 1.807) is 0 Å².